The van der Waals surface area contributed by atoms with E-state index in [4.69, 9.17) is 5.10 Å². The Kier molecular flexibility index (Phi) is 6.02. The molecule has 0 radical (unpaired) electrons. The molecule has 1 aromatic carbocycles. The quantitative estimate of drug-likeness (QED) is 0.711. The Bertz CT molecular complexity index is 1170. The Labute approximate surface area is 212 Å². The van der Waals surface area contributed by atoms with Crippen LogP contribution in [0.25, 0.3) is 0 Å². The van der Waals surface area contributed by atoms with Crippen LogP contribution in [0.1, 0.15) is 65.0 Å². The van der Waals surface area contributed by atoms with E-state index in [0.717, 1.165) is 56.5 Å². The number of aromatic nitrogens is 2. The lowest BCUT2D eigenvalue weighted by Crippen LogP contribution is -2.50. The third-order valence-electron chi connectivity index (χ3n) is 8.99. The van der Waals surface area contributed by atoms with Crippen molar-refractivity contribution < 1.29 is 14.7 Å². The van der Waals surface area contributed by atoms with Crippen molar-refractivity contribution in [3.63, 3.8) is 0 Å². The van der Waals surface area contributed by atoms with Crippen molar-refractivity contribution in [3.8, 4) is 0 Å². The molecule has 3 fully saturated rings. The van der Waals surface area contributed by atoms with Crippen molar-refractivity contribution in [1.29, 1.82) is 0 Å². The number of aryl methyl sites for hydroxylation is 1. The summed E-state index contributed by atoms with van der Waals surface area (Å²) in [5, 5.41) is 14.9. The molecule has 2 atom stereocenters. The zero-order chi connectivity index (χ0) is 25.0. The minimum Gasteiger partial charge on any atom is -0.393 e. The summed E-state index contributed by atoms with van der Waals surface area (Å²) in [7, 11) is 0. The summed E-state index contributed by atoms with van der Waals surface area (Å²) < 4.78 is 1.82. The van der Waals surface area contributed by atoms with E-state index in [1.54, 1.807) is 0 Å². The molecule has 6 rings (SSSR count). The molecule has 2 amide bonds. The van der Waals surface area contributed by atoms with Crippen LogP contribution in [0.3, 0.4) is 0 Å². The first-order valence-electron chi connectivity index (χ1n) is 13.6. The van der Waals surface area contributed by atoms with Crippen molar-refractivity contribution >= 4 is 17.5 Å². The molecule has 2 unspecified atom stereocenters. The maximum absolute atomic E-state index is 13.6. The summed E-state index contributed by atoms with van der Waals surface area (Å²) in [4.78, 5) is 33.2. The standard InChI is InChI=1S/C28H37N5O3/c1-18-5-3-7-24(19(18)2)30-11-13-31(14-12-30)26(35)17-32-25-8-4-6-23(25)27(29-32)28(36)33-20-9-10-21(33)16-22(34)15-20/h3,5,7,20-22,34H,4,6,8-17H2,1-2H3. The van der Waals surface area contributed by atoms with Crippen LogP contribution < -0.4 is 4.90 Å². The van der Waals surface area contributed by atoms with Gasteiger partial charge in [-0.1, -0.05) is 12.1 Å². The fraction of sp³-hybridized carbons (Fsp3) is 0.607. The van der Waals surface area contributed by atoms with Gasteiger partial charge in [0, 0.05) is 55.2 Å². The number of rotatable bonds is 4. The van der Waals surface area contributed by atoms with E-state index in [1.807, 2.05) is 14.5 Å². The number of piperazine rings is 1. The summed E-state index contributed by atoms with van der Waals surface area (Å²) in [6.45, 7) is 7.53. The molecule has 4 heterocycles. The summed E-state index contributed by atoms with van der Waals surface area (Å²) in [6, 6.07) is 6.64. The highest BCUT2D eigenvalue weighted by atomic mass is 16.3. The van der Waals surface area contributed by atoms with Crippen LogP contribution in [0.2, 0.25) is 0 Å². The van der Waals surface area contributed by atoms with Crippen LogP contribution in [0.4, 0.5) is 5.69 Å². The lowest BCUT2D eigenvalue weighted by atomic mass is 9.99. The van der Waals surface area contributed by atoms with E-state index >= 15 is 0 Å². The number of nitrogens with zero attached hydrogens (tertiary/aromatic N) is 5. The van der Waals surface area contributed by atoms with E-state index in [1.165, 1.54) is 16.8 Å². The molecule has 2 bridgehead atoms. The predicted octanol–water partition coefficient (Wildman–Crippen LogP) is 2.47. The van der Waals surface area contributed by atoms with Gasteiger partial charge in [-0.15, -0.1) is 0 Å². The van der Waals surface area contributed by atoms with Crippen LogP contribution in [-0.2, 0) is 24.2 Å². The first-order valence-corrected chi connectivity index (χ1v) is 13.6. The maximum Gasteiger partial charge on any atom is 0.275 e. The summed E-state index contributed by atoms with van der Waals surface area (Å²) >= 11 is 0. The van der Waals surface area contributed by atoms with Gasteiger partial charge in [-0.05, 0) is 76.0 Å². The molecular formula is C28H37N5O3. The molecule has 0 saturated carbocycles. The number of hydrogen-bond donors (Lipinski definition) is 1. The van der Waals surface area contributed by atoms with E-state index in [9.17, 15) is 14.7 Å². The SMILES string of the molecule is Cc1cccc(N2CCN(C(=O)Cn3nc(C(=O)N4C5CCC4CC(O)C5)c4c3CCC4)CC2)c1C. The van der Waals surface area contributed by atoms with Gasteiger partial charge in [-0.25, -0.2) is 0 Å². The Morgan fingerprint density at radius 3 is 2.47 bits per heavy atom. The van der Waals surface area contributed by atoms with E-state index in [-0.39, 0.29) is 36.5 Å². The van der Waals surface area contributed by atoms with E-state index in [2.05, 4.69) is 36.9 Å². The van der Waals surface area contributed by atoms with E-state index in [0.29, 0.717) is 31.6 Å². The van der Waals surface area contributed by atoms with Gasteiger partial charge in [-0.3, -0.25) is 14.3 Å². The second kappa shape index (κ2) is 9.21. The van der Waals surface area contributed by atoms with Gasteiger partial charge in [0.15, 0.2) is 5.69 Å². The van der Waals surface area contributed by atoms with Gasteiger partial charge < -0.3 is 19.8 Å². The minimum atomic E-state index is -0.303. The van der Waals surface area contributed by atoms with Crippen LogP contribution in [-0.4, -0.2) is 80.9 Å². The second-order valence-corrected chi connectivity index (χ2v) is 11.1. The molecule has 8 nitrogen and oxygen atoms in total. The molecule has 192 valence electrons. The van der Waals surface area contributed by atoms with Crippen molar-refractivity contribution in [3.05, 3.63) is 46.3 Å². The van der Waals surface area contributed by atoms with Gasteiger partial charge >= 0.3 is 0 Å². The summed E-state index contributed by atoms with van der Waals surface area (Å²) in [5.41, 5.74) is 6.50. The number of amides is 2. The van der Waals surface area contributed by atoms with Gasteiger partial charge in [0.25, 0.3) is 5.91 Å². The Balaban J connectivity index is 1.14. The first-order chi connectivity index (χ1) is 17.4. The van der Waals surface area contributed by atoms with Gasteiger partial charge in [-0.2, -0.15) is 5.10 Å². The topological polar surface area (TPSA) is 81.9 Å². The molecule has 4 aliphatic rings. The van der Waals surface area contributed by atoms with Crippen molar-refractivity contribution in [1.82, 2.24) is 19.6 Å². The number of hydrogen-bond acceptors (Lipinski definition) is 5. The lowest BCUT2D eigenvalue weighted by Gasteiger charge is -2.37. The van der Waals surface area contributed by atoms with Gasteiger partial charge in [0.2, 0.25) is 5.91 Å². The molecule has 3 saturated heterocycles. The smallest absolute Gasteiger partial charge is 0.275 e. The lowest BCUT2D eigenvalue weighted by molar-refractivity contribution is -0.132. The van der Waals surface area contributed by atoms with Gasteiger partial charge in [0.1, 0.15) is 6.54 Å². The van der Waals surface area contributed by atoms with Crippen LogP contribution in [0.15, 0.2) is 18.2 Å². The van der Waals surface area contributed by atoms with Crippen LogP contribution in [0, 0.1) is 13.8 Å². The number of piperidine rings is 1. The number of carbonyl (C=O) groups is 2. The zero-order valence-corrected chi connectivity index (χ0v) is 21.4. The Morgan fingerprint density at radius 2 is 1.75 bits per heavy atom. The highest BCUT2D eigenvalue weighted by molar-refractivity contribution is 5.95. The normalized spacial score (nSPS) is 25.4. The van der Waals surface area contributed by atoms with Crippen molar-refractivity contribution in [2.75, 3.05) is 31.1 Å². The average molecular weight is 492 g/mol. The van der Waals surface area contributed by atoms with Crippen molar-refractivity contribution in [2.45, 2.75) is 83.5 Å². The number of aliphatic hydroxyl groups is 1. The van der Waals surface area contributed by atoms with Crippen LogP contribution >= 0.6 is 0 Å². The van der Waals surface area contributed by atoms with Crippen molar-refractivity contribution in [2.24, 2.45) is 0 Å². The number of fused-ring (bicyclic) bond motifs is 3. The monoisotopic (exact) mass is 491 g/mol. The van der Waals surface area contributed by atoms with E-state index < -0.39 is 0 Å². The molecule has 3 aliphatic heterocycles. The first kappa shape index (κ1) is 23.5. The minimum absolute atomic E-state index is 0.000822. The largest absolute Gasteiger partial charge is 0.393 e. The molecule has 0 spiro atoms. The Morgan fingerprint density at radius 1 is 1.03 bits per heavy atom. The highest BCUT2D eigenvalue weighted by Gasteiger charge is 2.44. The second-order valence-electron chi connectivity index (χ2n) is 11.1. The number of benzene rings is 1. The van der Waals surface area contributed by atoms with Crippen LogP contribution in [0.5, 0.6) is 0 Å². The molecular weight excluding hydrogens is 454 g/mol. The highest BCUT2D eigenvalue weighted by Crippen LogP contribution is 2.38. The average Bonchev–Trinajstić information content (AvgIpc) is 3.55. The molecule has 1 N–H and O–H groups in total. The predicted molar refractivity (Wildman–Crippen MR) is 137 cm³/mol. The maximum atomic E-state index is 13.6. The summed E-state index contributed by atoms with van der Waals surface area (Å²) in [5.74, 6) is 0.0777. The molecule has 2 aromatic rings. The fourth-order valence-electron chi connectivity index (χ4n) is 6.92. The molecule has 1 aromatic heterocycles. The molecule has 8 heteroatoms. The summed E-state index contributed by atoms with van der Waals surface area (Å²) in [6.07, 6.45) is 5.67. The third-order valence-corrected chi connectivity index (χ3v) is 8.99. The number of carbonyl (C=O) groups excluding carboxylic acids is 2. The molecule has 1 aliphatic carbocycles. The zero-order valence-electron chi connectivity index (χ0n) is 21.4. The number of anilines is 1. The third kappa shape index (κ3) is 3.99. The van der Waals surface area contributed by atoms with Gasteiger partial charge in [0.05, 0.1) is 6.10 Å². The fourth-order valence-corrected chi connectivity index (χ4v) is 6.92. The molecule has 36 heavy (non-hydrogen) atoms. The Hall–Kier alpha value is -2.87. The number of aliphatic hydroxyl groups excluding tert-OH is 1.